The monoisotopic (exact) mass is 299 g/mol. The highest BCUT2D eigenvalue weighted by atomic mass is 32.2. The molecule has 2 N–H and O–H groups in total. The van der Waals surface area contributed by atoms with Gasteiger partial charge < -0.3 is 19.3 Å². The van der Waals surface area contributed by atoms with Crippen molar-refractivity contribution in [3.63, 3.8) is 0 Å². The predicted octanol–water partition coefficient (Wildman–Crippen LogP) is 0.909. The van der Waals surface area contributed by atoms with E-state index < -0.39 is 23.0 Å². The fourth-order valence-corrected chi connectivity index (χ4v) is 1.61. The summed E-state index contributed by atoms with van der Waals surface area (Å²) in [6.45, 7) is 0. The lowest BCUT2D eigenvalue weighted by Gasteiger charge is -2.09. The van der Waals surface area contributed by atoms with Crippen molar-refractivity contribution in [2.24, 2.45) is 0 Å². The average molecular weight is 299 g/mol. The van der Waals surface area contributed by atoms with E-state index in [0.29, 0.717) is 5.69 Å². The molecule has 0 aliphatic carbocycles. The van der Waals surface area contributed by atoms with E-state index in [9.17, 15) is 13.8 Å². The third kappa shape index (κ3) is 4.48. The summed E-state index contributed by atoms with van der Waals surface area (Å²) in [5.74, 6) is -1.46. The van der Waals surface area contributed by atoms with Crippen molar-refractivity contribution >= 4 is 28.7 Å². The Labute approximate surface area is 117 Å². The Morgan fingerprint density at radius 1 is 1.20 bits per heavy atom. The zero-order chi connectivity index (χ0) is 15.1. The van der Waals surface area contributed by atoms with E-state index in [1.807, 2.05) is 0 Å². The topological polar surface area (TPSA) is 102 Å². The third-order valence-electron chi connectivity index (χ3n) is 2.20. The van der Waals surface area contributed by atoms with Gasteiger partial charge in [-0.2, -0.15) is 0 Å². The fourth-order valence-electron chi connectivity index (χ4n) is 1.24. The normalized spacial score (nSPS) is 12.4. The highest BCUT2D eigenvalue weighted by molar-refractivity contribution is 7.79. The minimum absolute atomic E-state index is 0.114. The maximum atomic E-state index is 11.5. The number of esters is 2. The molecule has 7 nitrogen and oxygen atoms in total. The minimum Gasteiger partial charge on any atom is -0.466 e. The summed E-state index contributed by atoms with van der Waals surface area (Å²) in [6.07, 6.45) is 0.948. The van der Waals surface area contributed by atoms with Gasteiger partial charge in [0.25, 0.3) is 0 Å². The van der Waals surface area contributed by atoms with Gasteiger partial charge >= 0.3 is 11.9 Å². The molecule has 0 bridgehead atoms. The second-order valence-corrected chi connectivity index (χ2v) is 4.44. The van der Waals surface area contributed by atoms with E-state index in [2.05, 4.69) is 14.8 Å². The molecule has 8 heteroatoms. The Balaban J connectivity index is 2.95. The van der Waals surface area contributed by atoms with Gasteiger partial charge in [0, 0.05) is 5.69 Å². The quantitative estimate of drug-likeness (QED) is 0.473. The summed E-state index contributed by atoms with van der Waals surface area (Å²) in [4.78, 5) is 22.9. The van der Waals surface area contributed by atoms with E-state index in [4.69, 9.17) is 4.55 Å². The number of carbonyl (C=O) groups is 2. The first-order chi connectivity index (χ1) is 9.47. The molecule has 1 atom stereocenters. The summed E-state index contributed by atoms with van der Waals surface area (Å²) < 4.78 is 28.6. The summed E-state index contributed by atoms with van der Waals surface area (Å²) in [7, 11) is 2.35. The zero-order valence-electron chi connectivity index (χ0n) is 10.8. The van der Waals surface area contributed by atoms with Crippen molar-refractivity contribution in [3.8, 4) is 0 Å². The van der Waals surface area contributed by atoms with Crippen LogP contribution in [-0.4, -0.2) is 34.9 Å². The molecule has 0 saturated carbocycles. The number of nitrogens with one attached hydrogen (secondary N) is 1. The van der Waals surface area contributed by atoms with Crippen LogP contribution in [0.1, 0.15) is 0 Å². The Kier molecular flexibility index (Phi) is 5.88. The Morgan fingerprint density at radius 2 is 1.80 bits per heavy atom. The smallest absolute Gasteiger partial charge is 0.354 e. The largest absolute Gasteiger partial charge is 0.466 e. The van der Waals surface area contributed by atoms with E-state index in [0.717, 1.165) is 6.08 Å². The van der Waals surface area contributed by atoms with Gasteiger partial charge in [-0.3, -0.25) is 0 Å². The van der Waals surface area contributed by atoms with E-state index >= 15 is 0 Å². The lowest BCUT2D eigenvalue weighted by molar-refractivity contribution is -0.138. The SMILES string of the molecule is COC(=O)/C=C(/Nc1ccc(S(=O)O)cc1)C(=O)OC. The van der Waals surface area contributed by atoms with Crippen LogP contribution in [-0.2, 0) is 30.1 Å². The fraction of sp³-hybridized carbons (Fsp3) is 0.167. The molecule has 0 aliphatic heterocycles. The van der Waals surface area contributed by atoms with Crippen LogP contribution >= 0.6 is 0 Å². The Hall–Kier alpha value is -2.19. The minimum atomic E-state index is -2.08. The van der Waals surface area contributed by atoms with Crippen molar-refractivity contribution in [2.45, 2.75) is 4.90 Å². The third-order valence-corrected chi connectivity index (χ3v) is 2.88. The molecule has 1 aromatic rings. The molecule has 0 spiro atoms. The molecule has 1 rings (SSSR count). The number of hydrogen-bond donors (Lipinski definition) is 2. The summed E-state index contributed by atoms with van der Waals surface area (Å²) >= 11 is -2.08. The van der Waals surface area contributed by atoms with Crippen LogP contribution in [0.5, 0.6) is 0 Å². The number of rotatable bonds is 5. The van der Waals surface area contributed by atoms with Crippen LogP contribution in [0.4, 0.5) is 5.69 Å². The molecule has 20 heavy (non-hydrogen) atoms. The first-order valence-corrected chi connectivity index (χ1v) is 6.44. The molecule has 0 radical (unpaired) electrons. The molecular formula is C12H13NO6S. The number of ether oxygens (including phenoxy) is 2. The summed E-state index contributed by atoms with van der Waals surface area (Å²) in [5, 5.41) is 2.67. The van der Waals surface area contributed by atoms with Crippen molar-refractivity contribution < 1.29 is 27.8 Å². The molecule has 0 fully saturated rings. The molecule has 0 saturated heterocycles. The maximum Gasteiger partial charge on any atom is 0.354 e. The Bertz CT molecular complexity index is 552. The first-order valence-electron chi connectivity index (χ1n) is 5.34. The van der Waals surface area contributed by atoms with E-state index in [1.54, 1.807) is 0 Å². The number of hydrogen-bond acceptors (Lipinski definition) is 6. The van der Waals surface area contributed by atoms with Gasteiger partial charge in [0.15, 0.2) is 11.1 Å². The predicted molar refractivity (Wildman–Crippen MR) is 71.2 cm³/mol. The number of methoxy groups -OCH3 is 2. The Morgan fingerprint density at radius 3 is 2.25 bits per heavy atom. The van der Waals surface area contributed by atoms with Crippen LogP contribution in [0, 0.1) is 0 Å². The summed E-state index contributed by atoms with van der Waals surface area (Å²) in [6, 6.07) is 5.78. The van der Waals surface area contributed by atoms with Crippen LogP contribution in [0.3, 0.4) is 0 Å². The molecule has 0 heterocycles. The molecule has 0 aromatic heterocycles. The first kappa shape index (κ1) is 15.9. The van der Waals surface area contributed by atoms with Crippen molar-refractivity contribution in [2.75, 3.05) is 19.5 Å². The molecule has 108 valence electrons. The lowest BCUT2D eigenvalue weighted by atomic mass is 10.3. The van der Waals surface area contributed by atoms with Gasteiger partial charge in [-0.05, 0) is 24.3 Å². The van der Waals surface area contributed by atoms with Crippen LogP contribution < -0.4 is 5.32 Å². The zero-order valence-corrected chi connectivity index (χ0v) is 11.6. The van der Waals surface area contributed by atoms with E-state index in [-0.39, 0.29) is 10.6 Å². The molecule has 0 amide bonds. The molecular weight excluding hydrogens is 286 g/mol. The van der Waals surface area contributed by atoms with Crippen LogP contribution in [0.15, 0.2) is 40.9 Å². The van der Waals surface area contributed by atoms with Crippen molar-refractivity contribution in [1.29, 1.82) is 0 Å². The van der Waals surface area contributed by atoms with Crippen molar-refractivity contribution in [1.82, 2.24) is 0 Å². The number of anilines is 1. The second kappa shape index (κ2) is 7.41. The number of carbonyl (C=O) groups excluding carboxylic acids is 2. The van der Waals surface area contributed by atoms with Crippen LogP contribution in [0.25, 0.3) is 0 Å². The standard InChI is InChI=1S/C12H13NO6S/c1-18-11(14)7-10(12(15)19-2)13-8-3-5-9(6-4-8)20(16)17/h3-7,13H,1-2H3,(H,16,17)/b10-7+. The van der Waals surface area contributed by atoms with Gasteiger partial charge in [0.1, 0.15) is 5.70 Å². The second-order valence-electron chi connectivity index (χ2n) is 3.47. The van der Waals surface area contributed by atoms with E-state index in [1.165, 1.54) is 38.5 Å². The van der Waals surface area contributed by atoms with Gasteiger partial charge in [-0.15, -0.1) is 0 Å². The average Bonchev–Trinajstić information content (AvgIpc) is 2.46. The number of benzene rings is 1. The molecule has 0 aliphatic rings. The molecule has 1 aromatic carbocycles. The van der Waals surface area contributed by atoms with Gasteiger partial charge in [0.2, 0.25) is 0 Å². The summed E-state index contributed by atoms with van der Waals surface area (Å²) in [5.41, 5.74) is 0.331. The van der Waals surface area contributed by atoms with Gasteiger partial charge in [-0.1, -0.05) is 0 Å². The van der Waals surface area contributed by atoms with Gasteiger partial charge in [-0.25, -0.2) is 13.8 Å². The highest BCUT2D eigenvalue weighted by Crippen LogP contribution is 2.14. The maximum absolute atomic E-state index is 11.5. The van der Waals surface area contributed by atoms with Crippen molar-refractivity contribution in [3.05, 3.63) is 36.0 Å². The lowest BCUT2D eigenvalue weighted by Crippen LogP contribution is -2.15. The molecule has 1 unspecified atom stereocenters. The van der Waals surface area contributed by atoms with Crippen LogP contribution in [0.2, 0.25) is 0 Å². The van der Waals surface area contributed by atoms with Gasteiger partial charge in [0.05, 0.1) is 25.2 Å². The highest BCUT2D eigenvalue weighted by Gasteiger charge is 2.12.